The molecular formula is C33H38N2O5. The van der Waals surface area contributed by atoms with E-state index in [1.807, 2.05) is 66.9 Å². The van der Waals surface area contributed by atoms with Gasteiger partial charge in [0.25, 0.3) is 0 Å². The normalized spacial score (nSPS) is 13.8. The molecular weight excluding hydrogens is 504 g/mol. The fraction of sp³-hybridized carbons (Fsp3) is 0.364. The Morgan fingerprint density at radius 1 is 0.750 bits per heavy atom. The number of rotatable bonds is 11. The summed E-state index contributed by atoms with van der Waals surface area (Å²) in [5.41, 5.74) is 3.72. The van der Waals surface area contributed by atoms with Crippen molar-refractivity contribution >= 4 is 10.9 Å². The Hall–Kier alpha value is -3.97. The fourth-order valence-electron chi connectivity index (χ4n) is 5.18. The van der Waals surface area contributed by atoms with Crippen molar-refractivity contribution in [1.29, 1.82) is 0 Å². The third kappa shape index (κ3) is 6.42. The molecule has 7 nitrogen and oxygen atoms in total. The molecule has 0 spiro atoms. The van der Waals surface area contributed by atoms with Crippen molar-refractivity contribution in [2.24, 2.45) is 0 Å². The van der Waals surface area contributed by atoms with E-state index in [0.717, 1.165) is 53.3 Å². The minimum atomic E-state index is 0.0567. The third-order valence-corrected chi connectivity index (χ3v) is 7.51. The van der Waals surface area contributed by atoms with Gasteiger partial charge in [-0.05, 0) is 74.3 Å². The molecule has 0 bridgehead atoms. The van der Waals surface area contributed by atoms with Crippen molar-refractivity contribution in [2.75, 3.05) is 27.3 Å². The molecule has 0 saturated carbocycles. The van der Waals surface area contributed by atoms with Crippen LogP contribution in [0.2, 0.25) is 0 Å². The van der Waals surface area contributed by atoms with Crippen molar-refractivity contribution in [1.82, 2.24) is 9.47 Å². The van der Waals surface area contributed by atoms with Gasteiger partial charge in [-0.2, -0.15) is 0 Å². The minimum absolute atomic E-state index is 0.0567. The van der Waals surface area contributed by atoms with Crippen LogP contribution in [0.3, 0.4) is 0 Å². The predicted octanol–water partition coefficient (Wildman–Crippen LogP) is 6.18. The van der Waals surface area contributed by atoms with E-state index in [4.69, 9.17) is 18.9 Å². The van der Waals surface area contributed by atoms with Gasteiger partial charge in [0, 0.05) is 36.3 Å². The third-order valence-electron chi connectivity index (χ3n) is 7.51. The summed E-state index contributed by atoms with van der Waals surface area (Å²) in [6.45, 7) is 6.29. The summed E-state index contributed by atoms with van der Waals surface area (Å²) in [5, 5.41) is 0.651. The minimum Gasteiger partial charge on any atom is -0.497 e. The molecule has 3 aromatic carbocycles. The summed E-state index contributed by atoms with van der Waals surface area (Å²) in [6, 6.07) is 19.3. The lowest BCUT2D eigenvalue weighted by Gasteiger charge is -2.26. The zero-order valence-corrected chi connectivity index (χ0v) is 23.7. The number of ether oxygens (including phenoxy) is 4. The number of hydrogen-bond acceptors (Lipinski definition) is 6. The molecule has 1 saturated heterocycles. The Balaban J connectivity index is 1.49. The molecule has 4 aromatic rings. The number of benzene rings is 3. The molecule has 0 aliphatic carbocycles. The molecule has 1 aliphatic heterocycles. The standard InChI is InChI=1S/C33H38N2O5/c1-4-35-21-26(20-34-16-6-5-7-17-34)33(36)29-18-31(39-22-24-8-12-27(37-2)13-9-24)32(19-30(29)35)40-23-25-10-14-28(38-3)15-11-25/h8-15,18-19,21H,4-7,16-17,20,22-23H2,1-3H3. The first-order valence-electron chi connectivity index (χ1n) is 14.0. The summed E-state index contributed by atoms with van der Waals surface area (Å²) in [4.78, 5) is 16.1. The zero-order chi connectivity index (χ0) is 27.9. The van der Waals surface area contributed by atoms with Gasteiger partial charge in [0.2, 0.25) is 0 Å². The lowest BCUT2D eigenvalue weighted by Crippen LogP contribution is -2.31. The number of fused-ring (bicyclic) bond motifs is 1. The first-order chi connectivity index (χ1) is 19.6. The van der Waals surface area contributed by atoms with Crippen LogP contribution in [0.1, 0.15) is 42.9 Å². The highest BCUT2D eigenvalue weighted by atomic mass is 16.5. The zero-order valence-electron chi connectivity index (χ0n) is 23.7. The number of methoxy groups -OCH3 is 2. The van der Waals surface area contributed by atoms with Crippen LogP contribution in [-0.4, -0.2) is 36.8 Å². The van der Waals surface area contributed by atoms with Crippen LogP contribution in [-0.2, 0) is 26.3 Å². The van der Waals surface area contributed by atoms with Crippen molar-refractivity contribution in [3.8, 4) is 23.0 Å². The fourth-order valence-corrected chi connectivity index (χ4v) is 5.18. The van der Waals surface area contributed by atoms with E-state index in [1.165, 1.54) is 19.3 Å². The highest BCUT2D eigenvalue weighted by molar-refractivity contribution is 5.83. The van der Waals surface area contributed by atoms with Crippen LogP contribution in [0.4, 0.5) is 0 Å². The molecule has 1 fully saturated rings. The molecule has 0 radical (unpaired) electrons. The lowest BCUT2D eigenvalue weighted by molar-refractivity contribution is 0.220. The molecule has 5 rings (SSSR count). The van der Waals surface area contributed by atoms with Crippen LogP contribution in [0, 0.1) is 0 Å². The van der Waals surface area contributed by atoms with Crippen molar-refractivity contribution < 1.29 is 18.9 Å². The highest BCUT2D eigenvalue weighted by Gasteiger charge is 2.18. The number of aromatic nitrogens is 1. The van der Waals surface area contributed by atoms with E-state index in [-0.39, 0.29) is 5.43 Å². The average molecular weight is 543 g/mol. The van der Waals surface area contributed by atoms with Gasteiger partial charge in [0.05, 0.1) is 19.7 Å². The molecule has 40 heavy (non-hydrogen) atoms. The Labute approximate surface area is 235 Å². The Morgan fingerprint density at radius 2 is 1.30 bits per heavy atom. The van der Waals surface area contributed by atoms with E-state index in [2.05, 4.69) is 16.4 Å². The first kappa shape index (κ1) is 27.6. The second-order valence-electron chi connectivity index (χ2n) is 10.2. The maximum atomic E-state index is 13.8. The molecule has 1 aromatic heterocycles. The molecule has 0 unspecified atom stereocenters. The summed E-state index contributed by atoms with van der Waals surface area (Å²) < 4.78 is 25.3. The van der Waals surface area contributed by atoms with E-state index >= 15 is 0 Å². The van der Waals surface area contributed by atoms with E-state index < -0.39 is 0 Å². The molecule has 0 N–H and O–H groups in total. The van der Waals surface area contributed by atoms with E-state index in [9.17, 15) is 4.79 Å². The van der Waals surface area contributed by atoms with Crippen molar-refractivity contribution in [3.63, 3.8) is 0 Å². The Bertz CT molecular complexity index is 1470. The van der Waals surface area contributed by atoms with Crippen LogP contribution >= 0.6 is 0 Å². The smallest absolute Gasteiger partial charge is 0.194 e. The monoisotopic (exact) mass is 542 g/mol. The van der Waals surface area contributed by atoms with Gasteiger partial charge in [-0.25, -0.2) is 0 Å². The lowest BCUT2D eigenvalue weighted by atomic mass is 10.1. The van der Waals surface area contributed by atoms with Crippen LogP contribution < -0.4 is 24.4 Å². The molecule has 210 valence electrons. The van der Waals surface area contributed by atoms with Crippen molar-refractivity contribution in [2.45, 2.75) is 52.5 Å². The Kier molecular flexibility index (Phi) is 8.91. The SMILES string of the molecule is CCn1cc(CN2CCCCC2)c(=O)c2cc(OCc3ccc(OC)cc3)c(OCc3ccc(OC)cc3)cc21. The van der Waals surface area contributed by atoms with Crippen LogP contribution in [0.5, 0.6) is 23.0 Å². The summed E-state index contributed by atoms with van der Waals surface area (Å²) in [7, 11) is 3.30. The van der Waals surface area contributed by atoms with Gasteiger partial charge in [-0.15, -0.1) is 0 Å². The second-order valence-corrected chi connectivity index (χ2v) is 10.2. The number of aryl methyl sites for hydroxylation is 1. The maximum Gasteiger partial charge on any atom is 0.194 e. The number of nitrogens with zero attached hydrogens (tertiary/aromatic N) is 2. The van der Waals surface area contributed by atoms with Crippen LogP contribution in [0.25, 0.3) is 10.9 Å². The highest BCUT2D eigenvalue weighted by Crippen LogP contribution is 2.34. The second kappa shape index (κ2) is 12.9. The van der Waals surface area contributed by atoms with Crippen molar-refractivity contribution in [3.05, 3.63) is 93.8 Å². The van der Waals surface area contributed by atoms with Gasteiger partial charge in [-0.1, -0.05) is 30.7 Å². The first-order valence-corrected chi connectivity index (χ1v) is 14.0. The summed E-state index contributed by atoms with van der Waals surface area (Å²) in [5.74, 6) is 2.73. The molecule has 0 atom stereocenters. The van der Waals surface area contributed by atoms with Gasteiger partial charge in [0.15, 0.2) is 16.9 Å². The number of hydrogen-bond donors (Lipinski definition) is 0. The summed E-state index contributed by atoms with van der Waals surface area (Å²) >= 11 is 0. The van der Waals surface area contributed by atoms with Gasteiger partial charge < -0.3 is 23.5 Å². The predicted molar refractivity (Wildman–Crippen MR) is 158 cm³/mol. The number of piperidine rings is 1. The quantitative estimate of drug-likeness (QED) is 0.226. The number of likely N-dealkylation sites (tertiary alicyclic amines) is 1. The maximum absolute atomic E-state index is 13.8. The number of pyridine rings is 1. The van der Waals surface area contributed by atoms with Gasteiger partial charge >= 0.3 is 0 Å². The molecule has 7 heteroatoms. The Morgan fingerprint density at radius 3 is 1.82 bits per heavy atom. The molecule has 1 aliphatic rings. The van der Waals surface area contributed by atoms with Gasteiger partial charge in [0.1, 0.15) is 24.7 Å². The summed E-state index contributed by atoms with van der Waals surface area (Å²) in [6.07, 6.45) is 5.66. The molecule has 2 heterocycles. The average Bonchev–Trinajstić information content (AvgIpc) is 3.01. The van der Waals surface area contributed by atoms with Gasteiger partial charge in [-0.3, -0.25) is 9.69 Å². The largest absolute Gasteiger partial charge is 0.497 e. The van der Waals surface area contributed by atoms with E-state index in [1.54, 1.807) is 14.2 Å². The topological polar surface area (TPSA) is 62.2 Å². The molecule has 0 amide bonds. The van der Waals surface area contributed by atoms with E-state index in [0.29, 0.717) is 36.6 Å². The van der Waals surface area contributed by atoms with Crippen LogP contribution in [0.15, 0.2) is 71.7 Å².